The summed E-state index contributed by atoms with van der Waals surface area (Å²) in [4.78, 5) is 14.8. The van der Waals surface area contributed by atoms with E-state index in [9.17, 15) is 4.79 Å². The second-order valence-corrected chi connectivity index (χ2v) is 7.53. The van der Waals surface area contributed by atoms with Crippen LogP contribution < -0.4 is 24.4 Å². The normalized spacial score (nSPS) is 16.0. The fourth-order valence-corrected chi connectivity index (χ4v) is 3.95. The number of carbonyl (C=O) groups is 1. The van der Waals surface area contributed by atoms with Gasteiger partial charge in [0.25, 0.3) is 0 Å². The van der Waals surface area contributed by atoms with Crippen molar-refractivity contribution in [1.29, 1.82) is 0 Å². The topological polar surface area (TPSA) is 69.3 Å². The molecule has 3 rings (SSSR count). The minimum atomic E-state index is -0.0537. The molecule has 1 fully saturated rings. The summed E-state index contributed by atoms with van der Waals surface area (Å²) in [6.45, 7) is 1.92. The first kappa shape index (κ1) is 22.7. The molecule has 0 saturated carbocycles. The van der Waals surface area contributed by atoms with Crippen molar-refractivity contribution in [3.05, 3.63) is 42.0 Å². The highest BCUT2D eigenvalue weighted by Crippen LogP contribution is 2.40. The summed E-state index contributed by atoms with van der Waals surface area (Å²) in [6.07, 6.45) is 3.36. The number of carbonyl (C=O) groups excluding carboxylic acids is 1. The van der Waals surface area contributed by atoms with Crippen LogP contribution in [0.2, 0.25) is 0 Å². The Labute approximate surface area is 184 Å². The zero-order chi connectivity index (χ0) is 22.2. The number of nitrogens with zero attached hydrogens (tertiary/aromatic N) is 1. The lowest BCUT2D eigenvalue weighted by atomic mass is 10.1. The number of amides is 1. The van der Waals surface area contributed by atoms with Crippen LogP contribution in [0, 0.1) is 0 Å². The summed E-state index contributed by atoms with van der Waals surface area (Å²) < 4.78 is 21.7. The second kappa shape index (κ2) is 10.9. The molecule has 1 N–H and O–H groups in total. The Bertz CT molecular complexity index is 869. The molecule has 2 aromatic carbocycles. The lowest BCUT2D eigenvalue weighted by molar-refractivity contribution is -0.116. The van der Waals surface area contributed by atoms with Gasteiger partial charge in [0.1, 0.15) is 0 Å². The van der Waals surface area contributed by atoms with E-state index in [0.29, 0.717) is 30.1 Å². The Hall–Kier alpha value is -2.93. The van der Waals surface area contributed by atoms with Gasteiger partial charge in [-0.3, -0.25) is 4.79 Å². The van der Waals surface area contributed by atoms with Gasteiger partial charge in [0.05, 0.1) is 27.4 Å². The molecule has 1 aliphatic heterocycles. The van der Waals surface area contributed by atoms with Gasteiger partial charge in [-0.05, 0) is 55.2 Å². The highest BCUT2D eigenvalue weighted by molar-refractivity contribution is 5.91. The molecule has 1 unspecified atom stereocenters. The van der Waals surface area contributed by atoms with Crippen LogP contribution in [0.1, 0.15) is 24.8 Å². The zero-order valence-corrected chi connectivity index (χ0v) is 18.8. The Balaban J connectivity index is 1.58. The molecule has 168 valence electrons. The minimum absolute atomic E-state index is 0.0537. The number of ether oxygens (including phenoxy) is 4. The summed E-state index contributed by atoms with van der Waals surface area (Å²) in [5.74, 6) is 1.67. The molecule has 0 radical (unpaired) electrons. The van der Waals surface area contributed by atoms with E-state index < -0.39 is 0 Å². The maximum absolute atomic E-state index is 12.5. The Morgan fingerprint density at radius 2 is 1.74 bits per heavy atom. The Kier molecular flexibility index (Phi) is 8.00. The maximum atomic E-state index is 12.5. The number of benzene rings is 2. The smallest absolute Gasteiger partial charge is 0.224 e. The van der Waals surface area contributed by atoms with E-state index >= 15 is 0 Å². The van der Waals surface area contributed by atoms with E-state index in [1.165, 1.54) is 0 Å². The molecular formula is C24H32N2O5. The number of piperidine rings is 1. The van der Waals surface area contributed by atoms with Gasteiger partial charge in [-0.25, -0.2) is 0 Å². The Morgan fingerprint density at radius 3 is 2.39 bits per heavy atom. The number of anilines is 2. The van der Waals surface area contributed by atoms with Crippen LogP contribution in [0.3, 0.4) is 0 Å². The van der Waals surface area contributed by atoms with E-state index in [4.69, 9.17) is 18.9 Å². The lowest BCUT2D eigenvalue weighted by Gasteiger charge is -2.33. The summed E-state index contributed by atoms with van der Waals surface area (Å²) in [5, 5.41) is 2.97. The standard InChI is InChI=1S/C24H32N2O5/c1-28-20-6-5-15-26(16-20)19-11-9-18(10-12-19)25-22(27)14-8-17-7-13-21(29-2)24(31-4)23(17)30-3/h7,9-13,20H,5-6,8,14-16H2,1-4H3,(H,25,27). The fourth-order valence-electron chi connectivity index (χ4n) is 3.95. The van der Waals surface area contributed by atoms with E-state index in [1.807, 2.05) is 36.4 Å². The summed E-state index contributed by atoms with van der Waals surface area (Å²) >= 11 is 0. The number of nitrogens with one attached hydrogen (secondary N) is 1. The predicted molar refractivity (Wildman–Crippen MR) is 122 cm³/mol. The average molecular weight is 429 g/mol. The van der Waals surface area contributed by atoms with Crippen LogP contribution in [0.15, 0.2) is 36.4 Å². The third-order valence-electron chi connectivity index (χ3n) is 5.63. The molecule has 1 atom stereocenters. The highest BCUT2D eigenvalue weighted by Gasteiger charge is 2.20. The number of rotatable bonds is 9. The van der Waals surface area contributed by atoms with Crippen molar-refractivity contribution in [3.8, 4) is 17.2 Å². The van der Waals surface area contributed by atoms with Gasteiger partial charge in [-0.2, -0.15) is 0 Å². The third kappa shape index (κ3) is 5.61. The van der Waals surface area contributed by atoms with Crippen molar-refractivity contribution < 1.29 is 23.7 Å². The van der Waals surface area contributed by atoms with Crippen molar-refractivity contribution in [2.75, 3.05) is 51.7 Å². The third-order valence-corrected chi connectivity index (χ3v) is 5.63. The van der Waals surface area contributed by atoms with Crippen LogP contribution in [-0.4, -0.2) is 53.5 Å². The number of hydrogen-bond donors (Lipinski definition) is 1. The highest BCUT2D eigenvalue weighted by atomic mass is 16.5. The first-order valence-corrected chi connectivity index (χ1v) is 10.5. The number of methoxy groups -OCH3 is 4. The summed E-state index contributed by atoms with van der Waals surface area (Å²) in [5.41, 5.74) is 2.83. The van der Waals surface area contributed by atoms with Gasteiger partial charge in [0, 0.05) is 38.0 Å². The molecule has 31 heavy (non-hydrogen) atoms. The summed E-state index contributed by atoms with van der Waals surface area (Å²) in [6, 6.07) is 11.7. The molecule has 1 saturated heterocycles. The molecule has 0 spiro atoms. The number of aryl methyl sites for hydroxylation is 1. The molecule has 1 heterocycles. The van der Waals surface area contributed by atoms with Crippen LogP contribution in [-0.2, 0) is 16.0 Å². The van der Waals surface area contributed by atoms with Gasteiger partial charge in [-0.15, -0.1) is 0 Å². The van der Waals surface area contributed by atoms with Crippen molar-refractivity contribution in [2.45, 2.75) is 31.8 Å². The molecule has 7 nitrogen and oxygen atoms in total. The van der Waals surface area contributed by atoms with E-state index in [-0.39, 0.29) is 12.0 Å². The fraction of sp³-hybridized carbons (Fsp3) is 0.458. The Morgan fingerprint density at radius 1 is 1.00 bits per heavy atom. The minimum Gasteiger partial charge on any atom is -0.493 e. The molecule has 1 amide bonds. The molecule has 0 bridgehead atoms. The van der Waals surface area contributed by atoms with Gasteiger partial charge >= 0.3 is 0 Å². The molecule has 0 aliphatic carbocycles. The molecule has 0 aromatic heterocycles. The van der Waals surface area contributed by atoms with Crippen LogP contribution in [0.25, 0.3) is 0 Å². The van der Waals surface area contributed by atoms with Gasteiger partial charge in [0.2, 0.25) is 11.7 Å². The summed E-state index contributed by atoms with van der Waals surface area (Å²) in [7, 11) is 6.50. The maximum Gasteiger partial charge on any atom is 0.224 e. The van der Waals surface area contributed by atoms with Crippen molar-refractivity contribution in [2.24, 2.45) is 0 Å². The second-order valence-electron chi connectivity index (χ2n) is 7.53. The molecular weight excluding hydrogens is 396 g/mol. The average Bonchev–Trinajstić information content (AvgIpc) is 2.82. The largest absolute Gasteiger partial charge is 0.493 e. The number of hydrogen-bond acceptors (Lipinski definition) is 6. The first-order chi connectivity index (χ1) is 15.1. The van der Waals surface area contributed by atoms with Gasteiger partial charge < -0.3 is 29.2 Å². The molecule has 1 aliphatic rings. The van der Waals surface area contributed by atoms with Crippen LogP contribution in [0.4, 0.5) is 11.4 Å². The van der Waals surface area contributed by atoms with E-state index in [1.54, 1.807) is 28.4 Å². The molecule has 7 heteroatoms. The van der Waals surface area contributed by atoms with Crippen molar-refractivity contribution >= 4 is 17.3 Å². The SMILES string of the molecule is COc1ccc(CCC(=O)Nc2ccc(N3CCCC(OC)C3)cc2)c(OC)c1OC. The van der Waals surface area contributed by atoms with Gasteiger partial charge in [0.15, 0.2) is 11.5 Å². The van der Waals surface area contributed by atoms with E-state index in [2.05, 4.69) is 10.2 Å². The van der Waals surface area contributed by atoms with Crippen LogP contribution in [0.5, 0.6) is 17.2 Å². The zero-order valence-electron chi connectivity index (χ0n) is 18.8. The lowest BCUT2D eigenvalue weighted by Crippen LogP contribution is -2.39. The van der Waals surface area contributed by atoms with Crippen LogP contribution >= 0.6 is 0 Å². The molecule has 2 aromatic rings. The first-order valence-electron chi connectivity index (χ1n) is 10.5. The monoisotopic (exact) mass is 428 g/mol. The van der Waals surface area contributed by atoms with Gasteiger partial charge in [-0.1, -0.05) is 6.07 Å². The quantitative estimate of drug-likeness (QED) is 0.653. The van der Waals surface area contributed by atoms with E-state index in [0.717, 1.165) is 42.9 Å². The van der Waals surface area contributed by atoms with Crippen molar-refractivity contribution in [1.82, 2.24) is 0 Å². The predicted octanol–water partition coefficient (Wildman–Crippen LogP) is 3.90. The van der Waals surface area contributed by atoms with Crippen molar-refractivity contribution in [3.63, 3.8) is 0 Å².